The minimum Gasteiger partial charge on any atom is -0.342 e. The van der Waals surface area contributed by atoms with Gasteiger partial charge in [0, 0.05) is 34.7 Å². The second kappa shape index (κ2) is 5.94. The molecule has 2 heterocycles. The van der Waals surface area contributed by atoms with Crippen LogP contribution in [0, 0.1) is 12.8 Å². The van der Waals surface area contributed by atoms with Gasteiger partial charge in [0.1, 0.15) is 0 Å². The zero-order chi connectivity index (χ0) is 15.9. The van der Waals surface area contributed by atoms with Gasteiger partial charge in [-0.3, -0.25) is 4.79 Å². The summed E-state index contributed by atoms with van der Waals surface area (Å²) in [6.45, 7) is 3.19. The van der Waals surface area contributed by atoms with E-state index in [-0.39, 0.29) is 17.1 Å². The van der Waals surface area contributed by atoms with Crippen LogP contribution in [-0.2, 0) is 14.8 Å². The summed E-state index contributed by atoms with van der Waals surface area (Å²) < 4.78 is 26.0. The first-order valence-corrected chi connectivity index (χ1v) is 10.1. The lowest BCUT2D eigenvalue weighted by Crippen LogP contribution is -2.45. The molecule has 1 saturated carbocycles. The van der Waals surface area contributed by atoms with Gasteiger partial charge in [0.2, 0.25) is 15.9 Å². The Morgan fingerprint density at radius 2 is 2.00 bits per heavy atom. The van der Waals surface area contributed by atoms with Gasteiger partial charge in [-0.05, 0) is 45.4 Å². The van der Waals surface area contributed by atoms with Crippen molar-refractivity contribution < 1.29 is 13.2 Å². The molecule has 5 nitrogen and oxygen atoms in total. The van der Waals surface area contributed by atoms with Crippen LogP contribution in [0.1, 0.15) is 34.9 Å². The number of nitrogens with one attached hydrogen (secondary N) is 1. The Hall–Kier alpha value is -0.920. The molecule has 1 aromatic rings. The molecule has 122 valence electrons. The number of hydrogen-bond acceptors (Lipinski definition) is 4. The lowest BCUT2D eigenvalue weighted by atomic mass is 10.1. The molecule has 1 aliphatic heterocycles. The summed E-state index contributed by atoms with van der Waals surface area (Å²) in [6.07, 6.45) is 2.00. The zero-order valence-corrected chi connectivity index (χ0v) is 14.5. The summed E-state index contributed by atoms with van der Waals surface area (Å²) in [4.78, 5) is 17.0. The van der Waals surface area contributed by atoms with Gasteiger partial charge >= 0.3 is 0 Å². The van der Waals surface area contributed by atoms with Crippen molar-refractivity contribution in [2.45, 2.75) is 37.4 Å². The highest BCUT2D eigenvalue weighted by Gasteiger charge is 2.47. The number of carbonyl (C=O) groups excluding carboxylic acids is 1. The van der Waals surface area contributed by atoms with Crippen molar-refractivity contribution in [3.63, 3.8) is 0 Å². The Balaban J connectivity index is 1.55. The topological polar surface area (TPSA) is 66.5 Å². The summed E-state index contributed by atoms with van der Waals surface area (Å²) in [5.74, 6) is 0.692. The van der Waals surface area contributed by atoms with Gasteiger partial charge in [-0.2, -0.15) is 0 Å². The molecular weight excluding hydrogens is 320 g/mol. The number of sulfonamides is 1. The smallest absolute Gasteiger partial charge is 0.226 e. The van der Waals surface area contributed by atoms with Gasteiger partial charge < -0.3 is 4.90 Å². The number of thiophene rings is 1. The van der Waals surface area contributed by atoms with E-state index < -0.39 is 10.0 Å². The number of rotatable bonds is 4. The van der Waals surface area contributed by atoms with E-state index in [1.54, 1.807) is 11.3 Å². The van der Waals surface area contributed by atoms with E-state index in [0.29, 0.717) is 31.8 Å². The summed E-state index contributed by atoms with van der Waals surface area (Å²) in [6, 6.07) is 4.23. The van der Waals surface area contributed by atoms with Crippen molar-refractivity contribution in [3.8, 4) is 0 Å². The molecule has 2 fully saturated rings. The lowest BCUT2D eigenvalue weighted by molar-refractivity contribution is -0.133. The molecule has 1 aliphatic carbocycles. The highest BCUT2D eigenvalue weighted by Crippen LogP contribution is 2.50. The van der Waals surface area contributed by atoms with E-state index in [2.05, 4.69) is 23.8 Å². The Kier molecular flexibility index (Phi) is 4.31. The minimum absolute atomic E-state index is 0.107. The maximum Gasteiger partial charge on any atom is 0.226 e. The molecule has 7 heteroatoms. The molecule has 0 radical (unpaired) electrons. The highest BCUT2D eigenvalue weighted by atomic mass is 32.2. The molecule has 0 spiro atoms. The van der Waals surface area contributed by atoms with Crippen LogP contribution in [0.2, 0.25) is 0 Å². The van der Waals surface area contributed by atoms with Gasteiger partial charge in [0.15, 0.2) is 0 Å². The third kappa shape index (κ3) is 3.07. The Morgan fingerprint density at radius 1 is 1.32 bits per heavy atom. The first-order valence-electron chi connectivity index (χ1n) is 7.70. The maximum atomic E-state index is 12.5. The van der Waals surface area contributed by atoms with Crippen LogP contribution in [0.3, 0.4) is 0 Å². The number of likely N-dealkylation sites (tertiary alicyclic amines) is 1. The van der Waals surface area contributed by atoms with E-state index in [1.165, 1.54) is 16.8 Å². The second-order valence-corrected chi connectivity index (χ2v) is 9.66. The fraction of sp³-hybridized carbons (Fsp3) is 0.667. The van der Waals surface area contributed by atoms with Crippen LogP contribution in [0.5, 0.6) is 0 Å². The van der Waals surface area contributed by atoms with Crippen LogP contribution in [0.25, 0.3) is 0 Å². The number of aryl methyl sites for hydroxylation is 1. The minimum atomic E-state index is -3.21. The fourth-order valence-corrected chi connectivity index (χ4v) is 5.44. The van der Waals surface area contributed by atoms with E-state index in [0.717, 1.165) is 6.42 Å². The molecule has 1 N–H and O–H groups in total. The maximum absolute atomic E-state index is 12.5. The molecule has 2 atom stereocenters. The average Bonchev–Trinajstić information content (AvgIpc) is 3.21. The number of amides is 1. The van der Waals surface area contributed by atoms with Crippen LogP contribution in [0.15, 0.2) is 12.1 Å². The molecule has 2 aliphatic rings. The largest absolute Gasteiger partial charge is 0.342 e. The monoisotopic (exact) mass is 342 g/mol. The van der Waals surface area contributed by atoms with Crippen LogP contribution in [0.4, 0.5) is 0 Å². The Morgan fingerprint density at radius 3 is 2.55 bits per heavy atom. The lowest BCUT2D eigenvalue weighted by Gasteiger charge is -2.31. The summed E-state index contributed by atoms with van der Waals surface area (Å²) in [5, 5.41) is -0.364. The van der Waals surface area contributed by atoms with Gasteiger partial charge in [-0.25, -0.2) is 13.1 Å². The third-order valence-corrected chi connectivity index (χ3v) is 7.76. The highest BCUT2D eigenvalue weighted by molar-refractivity contribution is 7.90. The summed E-state index contributed by atoms with van der Waals surface area (Å²) >= 11 is 1.77. The molecule has 3 rings (SSSR count). The number of piperidine rings is 1. The molecule has 0 aromatic carbocycles. The molecular formula is C15H22N2O3S2. The van der Waals surface area contributed by atoms with Gasteiger partial charge in [-0.1, -0.05) is 0 Å². The SMILES string of the molecule is CNS(=O)(=O)C1CCN(C(=O)[C@@H]2C[C@H]2c2ccc(C)s2)CC1. The molecule has 1 aromatic heterocycles. The number of hydrogen-bond donors (Lipinski definition) is 1. The number of carbonyl (C=O) groups is 1. The van der Waals surface area contributed by atoms with E-state index in [4.69, 9.17) is 0 Å². The van der Waals surface area contributed by atoms with Crippen LogP contribution in [-0.4, -0.2) is 44.6 Å². The van der Waals surface area contributed by atoms with Crippen LogP contribution >= 0.6 is 11.3 Å². The number of nitrogens with zero attached hydrogens (tertiary/aromatic N) is 1. The van der Waals surface area contributed by atoms with Gasteiger partial charge in [0.25, 0.3) is 0 Å². The van der Waals surface area contributed by atoms with Crippen molar-refractivity contribution >= 4 is 27.3 Å². The average molecular weight is 342 g/mol. The predicted octanol–water partition coefficient (Wildman–Crippen LogP) is 1.70. The first kappa shape index (κ1) is 16.0. The van der Waals surface area contributed by atoms with Crippen molar-refractivity contribution in [2.24, 2.45) is 5.92 Å². The molecule has 1 amide bonds. The Bertz CT molecular complexity index is 660. The van der Waals surface area contributed by atoms with Gasteiger partial charge in [0.05, 0.1) is 5.25 Å². The quantitative estimate of drug-likeness (QED) is 0.906. The van der Waals surface area contributed by atoms with E-state index in [1.807, 2.05) is 4.90 Å². The van der Waals surface area contributed by atoms with Gasteiger partial charge in [-0.15, -0.1) is 11.3 Å². The normalized spacial score (nSPS) is 26.2. The summed E-state index contributed by atoms with van der Waals surface area (Å²) in [7, 11) is -1.76. The van der Waals surface area contributed by atoms with Crippen LogP contribution < -0.4 is 4.72 Å². The third-order valence-electron chi connectivity index (χ3n) is 4.71. The zero-order valence-electron chi connectivity index (χ0n) is 12.9. The first-order chi connectivity index (χ1) is 10.4. The standard InChI is InChI=1S/C15H22N2O3S2/c1-10-3-4-14(21-10)12-9-13(12)15(18)17-7-5-11(6-8-17)22(19,20)16-2/h3-4,11-13,16H,5-9H2,1-2H3/t12-,13-/m1/s1. The second-order valence-electron chi connectivity index (χ2n) is 6.17. The van der Waals surface area contributed by atoms with Crippen molar-refractivity contribution in [2.75, 3.05) is 20.1 Å². The predicted molar refractivity (Wildman–Crippen MR) is 87.5 cm³/mol. The van der Waals surface area contributed by atoms with Crippen molar-refractivity contribution in [1.82, 2.24) is 9.62 Å². The van der Waals surface area contributed by atoms with E-state index in [9.17, 15) is 13.2 Å². The van der Waals surface area contributed by atoms with E-state index >= 15 is 0 Å². The van der Waals surface area contributed by atoms with Crippen molar-refractivity contribution in [1.29, 1.82) is 0 Å². The molecule has 22 heavy (non-hydrogen) atoms. The fourth-order valence-electron chi connectivity index (χ4n) is 3.22. The molecule has 0 unspecified atom stereocenters. The van der Waals surface area contributed by atoms with Crippen molar-refractivity contribution in [3.05, 3.63) is 21.9 Å². The molecule has 1 saturated heterocycles. The summed E-state index contributed by atoms with van der Waals surface area (Å²) in [5.41, 5.74) is 0. The molecule has 0 bridgehead atoms. The Labute approximate surface area is 135 Å².